The molecule has 2 aromatic rings. The summed E-state index contributed by atoms with van der Waals surface area (Å²) in [5.74, 6) is 0.835. The van der Waals surface area contributed by atoms with Crippen LogP contribution in [0.25, 0.3) is 0 Å². The molecule has 7 nitrogen and oxygen atoms in total. The van der Waals surface area contributed by atoms with Crippen LogP contribution in [-0.2, 0) is 0 Å². The summed E-state index contributed by atoms with van der Waals surface area (Å²) in [5, 5.41) is 16.8. The molecule has 0 radical (unpaired) electrons. The number of hydrogen-bond acceptors (Lipinski definition) is 5. The molecule has 3 rings (SSSR count). The zero-order valence-corrected chi connectivity index (χ0v) is 15.0. The third-order valence-electron chi connectivity index (χ3n) is 4.52. The van der Waals surface area contributed by atoms with Gasteiger partial charge in [0.15, 0.2) is 0 Å². The Hall–Kier alpha value is -2.80. The number of nitro benzene ring substituents is 1. The standard InChI is InChI=1S/C19H24N4O3/c1-15-4-2-3-5-19(15)26-13-10-21-17-14-16(6-7-18(17)23(24)25)22-11-8-20-9-12-22/h2-7,14,20-21H,8-13H2,1H3/p+1. The van der Waals surface area contributed by atoms with Crippen molar-refractivity contribution in [3.8, 4) is 5.75 Å². The number of quaternary nitrogens is 1. The van der Waals surface area contributed by atoms with Crippen LogP contribution in [0.1, 0.15) is 5.56 Å². The molecular weight excluding hydrogens is 332 g/mol. The summed E-state index contributed by atoms with van der Waals surface area (Å²) in [4.78, 5) is 13.2. The van der Waals surface area contributed by atoms with Crippen LogP contribution in [0.5, 0.6) is 5.75 Å². The molecule has 0 spiro atoms. The van der Waals surface area contributed by atoms with Gasteiger partial charge in [-0.2, -0.15) is 0 Å². The van der Waals surface area contributed by atoms with Gasteiger partial charge in [0, 0.05) is 18.3 Å². The zero-order chi connectivity index (χ0) is 18.4. The average molecular weight is 357 g/mol. The minimum absolute atomic E-state index is 0.0909. The highest BCUT2D eigenvalue weighted by Gasteiger charge is 2.18. The summed E-state index contributed by atoms with van der Waals surface area (Å²) in [6, 6.07) is 13.1. The summed E-state index contributed by atoms with van der Waals surface area (Å²) in [6.45, 7) is 6.92. The van der Waals surface area contributed by atoms with Crippen molar-refractivity contribution in [3.63, 3.8) is 0 Å². The van der Waals surface area contributed by atoms with Gasteiger partial charge in [-0.1, -0.05) is 18.2 Å². The predicted octanol–water partition coefficient (Wildman–Crippen LogP) is 1.78. The number of nitrogens with two attached hydrogens (primary N) is 1. The molecule has 0 aromatic heterocycles. The molecule has 26 heavy (non-hydrogen) atoms. The molecule has 1 aliphatic rings. The van der Waals surface area contributed by atoms with Crippen molar-refractivity contribution < 1.29 is 15.0 Å². The predicted molar refractivity (Wildman–Crippen MR) is 102 cm³/mol. The molecule has 1 fully saturated rings. The maximum atomic E-state index is 11.3. The molecular formula is C19H25N4O3+. The number of benzene rings is 2. The maximum Gasteiger partial charge on any atom is 0.292 e. The van der Waals surface area contributed by atoms with E-state index in [1.54, 1.807) is 6.07 Å². The van der Waals surface area contributed by atoms with Gasteiger partial charge in [-0.05, 0) is 30.7 Å². The molecule has 0 atom stereocenters. The van der Waals surface area contributed by atoms with E-state index in [4.69, 9.17) is 4.74 Å². The lowest BCUT2D eigenvalue weighted by Crippen LogP contribution is -2.89. The van der Waals surface area contributed by atoms with E-state index >= 15 is 0 Å². The van der Waals surface area contributed by atoms with Gasteiger partial charge in [-0.3, -0.25) is 10.1 Å². The minimum atomic E-state index is -0.349. The van der Waals surface area contributed by atoms with Crippen molar-refractivity contribution in [3.05, 3.63) is 58.1 Å². The number of piperazine rings is 1. The van der Waals surface area contributed by atoms with E-state index < -0.39 is 0 Å². The van der Waals surface area contributed by atoms with Crippen LogP contribution in [0.4, 0.5) is 17.1 Å². The molecule has 1 aliphatic heterocycles. The fourth-order valence-corrected chi connectivity index (χ4v) is 3.10. The number of nitrogens with one attached hydrogen (secondary N) is 1. The van der Waals surface area contributed by atoms with Crippen molar-refractivity contribution in [2.75, 3.05) is 49.5 Å². The fourth-order valence-electron chi connectivity index (χ4n) is 3.10. The van der Waals surface area contributed by atoms with Gasteiger partial charge in [0.2, 0.25) is 0 Å². The smallest absolute Gasteiger partial charge is 0.292 e. The Kier molecular flexibility index (Phi) is 5.91. The normalized spacial score (nSPS) is 14.1. The molecule has 1 saturated heterocycles. The SMILES string of the molecule is Cc1ccccc1OCCNc1cc(N2CC[NH2+]CC2)ccc1[N+](=O)[O-]. The lowest BCUT2D eigenvalue weighted by Gasteiger charge is -2.27. The van der Waals surface area contributed by atoms with Crippen LogP contribution in [0, 0.1) is 17.0 Å². The number of nitro groups is 1. The van der Waals surface area contributed by atoms with Crippen molar-refractivity contribution in [2.24, 2.45) is 0 Å². The third-order valence-corrected chi connectivity index (χ3v) is 4.52. The van der Waals surface area contributed by atoms with Gasteiger partial charge in [0.05, 0.1) is 31.1 Å². The number of anilines is 2. The van der Waals surface area contributed by atoms with Crippen molar-refractivity contribution in [2.45, 2.75) is 6.92 Å². The molecule has 1 heterocycles. The van der Waals surface area contributed by atoms with Gasteiger partial charge in [0.25, 0.3) is 5.69 Å². The molecule has 0 unspecified atom stereocenters. The van der Waals surface area contributed by atoms with Crippen molar-refractivity contribution in [1.29, 1.82) is 0 Å². The molecule has 2 aromatic carbocycles. The van der Waals surface area contributed by atoms with Crippen LogP contribution in [0.15, 0.2) is 42.5 Å². The first kappa shape index (κ1) is 18.0. The molecule has 138 valence electrons. The fraction of sp³-hybridized carbons (Fsp3) is 0.368. The molecule has 3 N–H and O–H groups in total. The summed E-state index contributed by atoms with van der Waals surface area (Å²) in [6.07, 6.45) is 0. The third kappa shape index (κ3) is 4.43. The second kappa shape index (κ2) is 8.53. The number of hydrogen-bond donors (Lipinski definition) is 2. The van der Waals surface area contributed by atoms with Crippen LogP contribution in [0.2, 0.25) is 0 Å². The monoisotopic (exact) mass is 357 g/mol. The Morgan fingerprint density at radius 1 is 1.23 bits per heavy atom. The highest BCUT2D eigenvalue weighted by Crippen LogP contribution is 2.29. The number of nitrogens with zero attached hydrogens (tertiary/aromatic N) is 2. The van der Waals surface area contributed by atoms with Crippen LogP contribution in [-0.4, -0.2) is 44.3 Å². The second-order valence-corrected chi connectivity index (χ2v) is 6.35. The number of para-hydroxylation sites is 1. The lowest BCUT2D eigenvalue weighted by atomic mass is 10.2. The first-order chi connectivity index (χ1) is 12.6. The molecule has 7 heteroatoms. The number of rotatable bonds is 7. The Balaban J connectivity index is 1.64. The van der Waals surface area contributed by atoms with E-state index in [2.05, 4.69) is 15.5 Å². The summed E-state index contributed by atoms with van der Waals surface area (Å²) in [7, 11) is 0. The van der Waals surface area contributed by atoms with Gasteiger partial charge in [0.1, 0.15) is 18.0 Å². The summed E-state index contributed by atoms with van der Waals surface area (Å²) < 4.78 is 5.76. The average Bonchev–Trinajstić information content (AvgIpc) is 2.67. The molecule has 0 amide bonds. The summed E-state index contributed by atoms with van der Waals surface area (Å²) in [5.41, 5.74) is 2.72. The van der Waals surface area contributed by atoms with Crippen LogP contribution < -0.4 is 20.3 Å². The topological polar surface area (TPSA) is 84.2 Å². The highest BCUT2D eigenvalue weighted by atomic mass is 16.6. The van der Waals surface area contributed by atoms with E-state index in [1.807, 2.05) is 43.3 Å². The lowest BCUT2D eigenvalue weighted by molar-refractivity contribution is -0.655. The summed E-state index contributed by atoms with van der Waals surface area (Å²) >= 11 is 0. The Labute approximate surface area is 153 Å². The van der Waals surface area contributed by atoms with Crippen molar-refractivity contribution >= 4 is 17.1 Å². The van der Waals surface area contributed by atoms with Gasteiger partial charge < -0.3 is 20.3 Å². The largest absolute Gasteiger partial charge is 0.491 e. The van der Waals surface area contributed by atoms with E-state index in [1.165, 1.54) is 0 Å². The van der Waals surface area contributed by atoms with Gasteiger partial charge in [-0.15, -0.1) is 0 Å². The van der Waals surface area contributed by atoms with Crippen molar-refractivity contribution in [1.82, 2.24) is 0 Å². The molecule has 0 bridgehead atoms. The first-order valence-electron chi connectivity index (χ1n) is 8.92. The Morgan fingerprint density at radius 2 is 2.00 bits per heavy atom. The molecule has 0 aliphatic carbocycles. The van der Waals surface area contributed by atoms with E-state index in [-0.39, 0.29) is 10.6 Å². The zero-order valence-electron chi connectivity index (χ0n) is 15.0. The highest BCUT2D eigenvalue weighted by molar-refractivity contribution is 5.69. The Bertz CT molecular complexity index is 760. The maximum absolute atomic E-state index is 11.3. The minimum Gasteiger partial charge on any atom is -0.491 e. The number of ether oxygens (including phenoxy) is 1. The van der Waals surface area contributed by atoms with Crippen LogP contribution in [0.3, 0.4) is 0 Å². The quantitative estimate of drug-likeness (QED) is 0.448. The van der Waals surface area contributed by atoms with E-state index in [9.17, 15) is 10.1 Å². The van der Waals surface area contributed by atoms with E-state index in [0.717, 1.165) is 43.2 Å². The second-order valence-electron chi connectivity index (χ2n) is 6.35. The molecule has 0 saturated carbocycles. The van der Waals surface area contributed by atoms with Crippen LogP contribution >= 0.6 is 0 Å². The number of aryl methyl sites for hydroxylation is 1. The van der Waals surface area contributed by atoms with E-state index in [0.29, 0.717) is 18.8 Å². The van der Waals surface area contributed by atoms with Gasteiger partial charge >= 0.3 is 0 Å². The Morgan fingerprint density at radius 3 is 2.73 bits per heavy atom. The first-order valence-corrected chi connectivity index (χ1v) is 8.92. The van der Waals surface area contributed by atoms with Gasteiger partial charge in [-0.25, -0.2) is 0 Å².